The van der Waals surface area contributed by atoms with E-state index < -0.39 is 12.0 Å². The van der Waals surface area contributed by atoms with Crippen LogP contribution < -0.4 is 5.73 Å². The van der Waals surface area contributed by atoms with E-state index in [1.54, 1.807) is 16.7 Å². The van der Waals surface area contributed by atoms with E-state index in [9.17, 15) is 4.79 Å². The van der Waals surface area contributed by atoms with Crippen LogP contribution in [0.4, 0.5) is 0 Å². The van der Waals surface area contributed by atoms with Crippen LogP contribution in [0.3, 0.4) is 0 Å². The van der Waals surface area contributed by atoms with Crippen LogP contribution in [0.15, 0.2) is 5.38 Å². The molecule has 0 radical (unpaired) electrons. The van der Waals surface area contributed by atoms with Crippen molar-refractivity contribution < 1.29 is 9.90 Å². The number of fused-ring (bicyclic) bond motifs is 2. The van der Waals surface area contributed by atoms with Gasteiger partial charge in [-0.05, 0) is 32.7 Å². The summed E-state index contributed by atoms with van der Waals surface area (Å²) in [7, 11) is 2.21. The van der Waals surface area contributed by atoms with Crippen molar-refractivity contribution in [1.82, 2.24) is 9.88 Å². The van der Waals surface area contributed by atoms with E-state index in [0.29, 0.717) is 23.7 Å². The molecule has 2 aliphatic heterocycles. The third kappa shape index (κ3) is 2.28. The molecule has 3 rings (SSSR count). The molecule has 0 saturated carbocycles. The monoisotopic (exact) mass is 281 g/mol. The Hall–Kier alpha value is -0.980. The van der Waals surface area contributed by atoms with Crippen LogP contribution in [0, 0.1) is 0 Å². The molecule has 3 atom stereocenters. The van der Waals surface area contributed by atoms with E-state index in [4.69, 9.17) is 10.8 Å². The van der Waals surface area contributed by atoms with Gasteiger partial charge in [-0.3, -0.25) is 4.79 Å². The highest BCUT2D eigenvalue weighted by Crippen LogP contribution is 2.42. The van der Waals surface area contributed by atoms with Gasteiger partial charge in [-0.15, -0.1) is 11.3 Å². The number of carboxylic acids is 1. The Morgan fingerprint density at radius 3 is 2.74 bits per heavy atom. The fourth-order valence-corrected chi connectivity index (χ4v) is 4.35. The normalized spacial score (nSPS) is 32.4. The van der Waals surface area contributed by atoms with Gasteiger partial charge in [-0.1, -0.05) is 0 Å². The first-order valence-corrected chi connectivity index (χ1v) is 7.60. The summed E-state index contributed by atoms with van der Waals surface area (Å²) >= 11 is 1.56. The zero-order valence-corrected chi connectivity index (χ0v) is 11.8. The topological polar surface area (TPSA) is 79.5 Å². The molecule has 2 aliphatic rings. The predicted octanol–water partition coefficient (Wildman–Crippen LogP) is 1.57. The Bertz CT molecular complexity index is 476. The first kappa shape index (κ1) is 13.0. The van der Waals surface area contributed by atoms with Crippen LogP contribution in [0.1, 0.15) is 48.3 Å². The average molecular weight is 281 g/mol. The first-order valence-electron chi connectivity index (χ1n) is 6.72. The third-order valence-corrected chi connectivity index (χ3v) is 5.60. The van der Waals surface area contributed by atoms with Crippen LogP contribution in [-0.4, -0.2) is 40.1 Å². The van der Waals surface area contributed by atoms with Crippen LogP contribution in [0.25, 0.3) is 0 Å². The van der Waals surface area contributed by atoms with Crippen molar-refractivity contribution in [2.24, 2.45) is 5.73 Å². The summed E-state index contributed by atoms with van der Waals surface area (Å²) in [5.41, 5.74) is 6.10. The Labute approximate surface area is 116 Å². The lowest BCUT2D eigenvalue weighted by molar-refractivity contribution is -0.138. The zero-order valence-electron chi connectivity index (χ0n) is 11.0. The summed E-state index contributed by atoms with van der Waals surface area (Å²) < 4.78 is 0. The Morgan fingerprint density at radius 2 is 2.16 bits per heavy atom. The summed E-state index contributed by atoms with van der Waals surface area (Å²) in [6, 6.07) is 0.349. The van der Waals surface area contributed by atoms with E-state index in [1.807, 2.05) is 0 Å². The number of aromatic nitrogens is 1. The second-order valence-corrected chi connectivity index (χ2v) is 6.53. The predicted molar refractivity (Wildman–Crippen MR) is 73.2 cm³/mol. The lowest BCUT2D eigenvalue weighted by Gasteiger charge is -2.35. The first-order chi connectivity index (χ1) is 9.06. The quantitative estimate of drug-likeness (QED) is 0.879. The van der Waals surface area contributed by atoms with Gasteiger partial charge < -0.3 is 15.7 Å². The van der Waals surface area contributed by atoms with E-state index in [2.05, 4.69) is 16.9 Å². The number of nitrogens with two attached hydrogens (primary N) is 1. The standard InChI is InChI=1S/C13H19N3O2S/c1-16-8-2-3-9(16)5-7(4-8)12-15-10(6-19-12)11(14)13(17)18/h6-9,11H,2-5,14H2,1H3,(H,17,18). The number of carbonyl (C=O) groups is 1. The number of aliphatic carboxylic acids is 1. The van der Waals surface area contributed by atoms with Crippen molar-refractivity contribution in [3.8, 4) is 0 Å². The van der Waals surface area contributed by atoms with Gasteiger partial charge in [0.25, 0.3) is 0 Å². The molecule has 2 saturated heterocycles. The molecular formula is C13H19N3O2S. The van der Waals surface area contributed by atoms with Gasteiger partial charge in [0.05, 0.1) is 10.7 Å². The van der Waals surface area contributed by atoms with Gasteiger partial charge in [0.2, 0.25) is 0 Å². The SMILES string of the molecule is CN1C2CCC1CC(c1nc(C(N)C(=O)O)cs1)C2. The maximum atomic E-state index is 10.9. The van der Waals surface area contributed by atoms with E-state index in [0.717, 1.165) is 17.8 Å². The maximum Gasteiger partial charge on any atom is 0.326 e. The fourth-order valence-electron chi connectivity index (χ4n) is 3.37. The molecule has 3 N–H and O–H groups in total. The van der Waals surface area contributed by atoms with Gasteiger partial charge in [0, 0.05) is 23.4 Å². The number of nitrogens with zero attached hydrogens (tertiary/aromatic N) is 2. The number of carboxylic acid groups (broad SMARTS) is 1. The third-order valence-electron chi connectivity index (χ3n) is 4.57. The number of piperidine rings is 1. The molecule has 19 heavy (non-hydrogen) atoms. The molecule has 0 amide bonds. The molecule has 5 nitrogen and oxygen atoms in total. The highest BCUT2D eigenvalue weighted by molar-refractivity contribution is 7.09. The summed E-state index contributed by atoms with van der Waals surface area (Å²) in [5.74, 6) is -0.534. The highest BCUT2D eigenvalue weighted by Gasteiger charge is 2.39. The molecule has 0 aliphatic carbocycles. The van der Waals surface area contributed by atoms with Crippen molar-refractivity contribution in [3.05, 3.63) is 16.1 Å². The van der Waals surface area contributed by atoms with Gasteiger partial charge in [-0.25, -0.2) is 4.98 Å². The fraction of sp³-hybridized carbons (Fsp3) is 0.692. The highest BCUT2D eigenvalue weighted by atomic mass is 32.1. The molecule has 1 aromatic heterocycles. The minimum absolute atomic E-state index is 0.480. The molecule has 2 fully saturated rings. The lowest BCUT2D eigenvalue weighted by atomic mass is 9.92. The summed E-state index contributed by atoms with van der Waals surface area (Å²) in [6.07, 6.45) is 4.85. The summed E-state index contributed by atoms with van der Waals surface area (Å²) in [4.78, 5) is 17.8. The molecular weight excluding hydrogens is 262 g/mol. The zero-order chi connectivity index (χ0) is 13.6. The molecule has 0 aromatic carbocycles. The molecule has 2 bridgehead atoms. The number of hydrogen-bond donors (Lipinski definition) is 2. The summed E-state index contributed by atoms with van der Waals surface area (Å²) in [6.45, 7) is 0. The smallest absolute Gasteiger partial charge is 0.326 e. The van der Waals surface area contributed by atoms with E-state index >= 15 is 0 Å². The van der Waals surface area contributed by atoms with Crippen molar-refractivity contribution in [2.75, 3.05) is 7.05 Å². The van der Waals surface area contributed by atoms with E-state index in [-0.39, 0.29) is 0 Å². The molecule has 3 heterocycles. The number of hydrogen-bond acceptors (Lipinski definition) is 5. The number of rotatable bonds is 3. The molecule has 6 heteroatoms. The van der Waals surface area contributed by atoms with Crippen molar-refractivity contribution in [2.45, 2.75) is 49.7 Å². The second-order valence-electron chi connectivity index (χ2n) is 5.65. The van der Waals surface area contributed by atoms with Crippen molar-refractivity contribution >= 4 is 17.3 Å². The van der Waals surface area contributed by atoms with Gasteiger partial charge in [0.15, 0.2) is 0 Å². The maximum absolute atomic E-state index is 10.9. The van der Waals surface area contributed by atoms with Crippen molar-refractivity contribution in [3.63, 3.8) is 0 Å². The Kier molecular flexibility index (Phi) is 3.32. The van der Waals surface area contributed by atoms with E-state index in [1.165, 1.54) is 12.8 Å². The van der Waals surface area contributed by atoms with Gasteiger partial charge in [-0.2, -0.15) is 0 Å². The molecule has 1 aromatic rings. The van der Waals surface area contributed by atoms with Crippen LogP contribution in [0.5, 0.6) is 0 Å². The Balaban J connectivity index is 1.75. The van der Waals surface area contributed by atoms with Gasteiger partial charge >= 0.3 is 5.97 Å². The molecule has 104 valence electrons. The average Bonchev–Trinajstić information content (AvgIpc) is 2.92. The minimum atomic E-state index is -1.01. The largest absolute Gasteiger partial charge is 0.480 e. The Morgan fingerprint density at radius 1 is 1.53 bits per heavy atom. The van der Waals surface area contributed by atoms with Crippen LogP contribution in [0.2, 0.25) is 0 Å². The lowest BCUT2D eigenvalue weighted by Crippen LogP contribution is -2.39. The van der Waals surface area contributed by atoms with Crippen LogP contribution in [-0.2, 0) is 4.79 Å². The van der Waals surface area contributed by atoms with Crippen molar-refractivity contribution in [1.29, 1.82) is 0 Å². The number of thiazole rings is 1. The summed E-state index contributed by atoms with van der Waals surface area (Å²) in [5, 5.41) is 11.8. The molecule has 0 spiro atoms. The minimum Gasteiger partial charge on any atom is -0.480 e. The molecule has 3 unspecified atom stereocenters. The van der Waals surface area contributed by atoms with Crippen LogP contribution >= 0.6 is 11.3 Å². The second kappa shape index (κ2) is 4.85. The van der Waals surface area contributed by atoms with Gasteiger partial charge in [0.1, 0.15) is 6.04 Å².